The Kier molecular flexibility index (Phi) is 3.41. The molecular formula is C13H24BNO2. The van der Waals surface area contributed by atoms with Crippen LogP contribution in [0.3, 0.4) is 0 Å². The first-order chi connectivity index (χ1) is 7.82. The Hall–Kier alpha value is -0.315. The Morgan fingerprint density at radius 1 is 1.12 bits per heavy atom. The average Bonchev–Trinajstić information content (AvgIpc) is 2.74. The third kappa shape index (κ3) is 2.59. The summed E-state index contributed by atoms with van der Waals surface area (Å²) in [6, 6.07) is 0. The highest BCUT2D eigenvalue weighted by molar-refractivity contribution is 6.54. The maximum atomic E-state index is 5.99. The maximum Gasteiger partial charge on any atom is 0.491 e. The molecule has 2 aliphatic heterocycles. The molecular weight excluding hydrogens is 213 g/mol. The van der Waals surface area contributed by atoms with Gasteiger partial charge in [-0.15, -0.1) is 6.58 Å². The van der Waals surface area contributed by atoms with E-state index in [2.05, 4.69) is 39.2 Å². The highest BCUT2D eigenvalue weighted by atomic mass is 16.7. The Labute approximate surface area is 105 Å². The van der Waals surface area contributed by atoms with Gasteiger partial charge in [0.15, 0.2) is 0 Å². The van der Waals surface area contributed by atoms with E-state index >= 15 is 0 Å². The van der Waals surface area contributed by atoms with Crippen LogP contribution in [0, 0.1) is 0 Å². The van der Waals surface area contributed by atoms with Crippen molar-refractivity contribution in [1.29, 1.82) is 0 Å². The summed E-state index contributed by atoms with van der Waals surface area (Å²) < 4.78 is 12.0. The van der Waals surface area contributed by atoms with Gasteiger partial charge in [-0.3, -0.25) is 0 Å². The third-order valence-corrected chi connectivity index (χ3v) is 4.21. The molecule has 2 aliphatic rings. The van der Waals surface area contributed by atoms with Gasteiger partial charge in [-0.1, -0.05) is 0 Å². The number of hydrogen-bond acceptors (Lipinski definition) is 3. The SMILES string of the molecule is C=C(CN1CCCC1)B1OC(C)(C)C(C)(C)O1. The maximum absolute atomic E-state index is 5.99. The van der Waals surface area contributed by atoms with Gasteiger partial charge in [0.05, 0.1) is 11.2 Å². The van der Waals surface area contributed by atoms with Crippen molar-refractivity contribution in [2.45, 2.75) is 51.7 Å². The first-order valence-corrected chi connectivity index (χ1v) is 6.57. The topological polar surface area (TPSA) is 21.7 Å². The smallest absolute Gasteiger partial charge is 0.400 e. The monoisotopic (exact) mass is 237 g/mol. The van der Waals surface area contributed by atoms with Crippen molar-refractivity contribution in [1.82, 2.24) is 4.90 Å². The van der Waals surface area contributed by atoms with Crippen molar-refractivity contribution in [3.63, 3.8) is 0 Å². The van der Waals surface area contributed by atoms with E-state index in [1.54, 1.807) is 0 Å². The quantitative estimate of drug-likeness (QED) is 0.703. The second kappa shape index (κ2) is 4.41. The molecule has 0 N–H and O–H groups in total. The lowest BCUT2D eigenvalue weighted by Gasteiger charge is -2.32. The van der Waals surface area contributed by atoms with E-state index in [-0.39, 0.29) is 18.3 Å². The van der Waals surface area contributed by atoms with Gasteiger partial charge >= 0.3 is 7.12 Å². The van der Waals surface area contributed by atoms with Crippen molar-refractivity contribution in [2.75, 3.05) is 19.6 Å². The summed E-state index contributed by atoms with van der Waals surface area (Å²) in [7, 11) is -0.249. The van der Waals surface area contributed by atoms with Crippen LogP contribution < -0.4 is 0 Å². The van der Waals surface area contributed by atoms with Gasteiger partial charge < -0.3 is 14.2 Å². The van der Waals surface area contributed by atoms with Crippen LogP contribution in [-0.2, 0) is 9.31 Å². The van der Waals surface area contributed by atoms with Crippen molar-refractivity contribution < 1.29 is 9.31 Å². The van der Waals surface area contributed by atoms with Crippen LogP contribution in [0.2, 0.25) is 0 Å². The van der Waals surface area contributed by atoms with Gasteiger partial charge in [-0.25, -0.2) is 0 Å². The number of hydrogen-bond donors (Lipinski definition) is 0. The summed E-state index contributed by atoms with van der Waals surface area (Å²) in [5.41, 5.74) is 0.530. The zero-order chi connectivity index (χ0) is 12.7. The predicted molar refractivity (Wildman–Crippen MR) is 70.9 cm³/mol. The highest BCUT2D eigenvalue weighted by Crippen LogP contribution is 2.38. The number of nitrogens with zero attached hydrogens (tertiary/aromatic N) is 1. The second-order valence-corrected chi connectivity index (χ2v) is 6.23. The van der Waals surface area contributed by atoms with E-state index in [4.69, 9.17) is 9.31 Å². The average molecular weight is 237 g/mol. The third-order valence-electron chi connectivity index (χ3n) is 4.21. The zero-order valence-corrected chi connectivity index (χ0v) is 11.6. The first-order valence-electron chi connectivity index (χ1n) is 6.57. The summed E-state index contributed by atoms with van der Waals surface area (Å²) >= 11 is 0. The van der Waals surface area contributed by atoms with Crippen LogP contribution in [0.25, 0.3) is 0 Å². The van der Waals surface area contributed by atoms with Crippen molar-refractivity contribution in [3.05, 3.63) is 12.1 Å². The van der Waals surface area contributed by atoms with Gasteiger partial charge in [0.25, 0.3) is 0 Å². The Bertz CT molecular complexity index is 293. The molecule has 0 aliphatic carbocycles. The van der Waals surface area contributed by atoms with Gasteiger partial charge in [0.2, 0.25) is 0 Å². The van der Waals surface area contributed by atoms with E-state index < -0.39 is 0 Å². The standard InChI is InChI=1S/C13H24BNO2/c1-11(10-15-8-6-7-9-15)14-16-12(2,3)13(4,5)17-14/h1,6-10H2,2-5H3. The summed E-state index contributed by atoms with van der Waals surface area (Å²) in [5.74, 6) is 0. The molecule has 0 unspecified atom stereocenters. The largest absolute Gasteiger partial charge is 0.491 e. The normalized spacial score (nSPS) is 27.6. The Morgan fingerprint density at radius 3 is 2.06 bits per heavy atom. The lowest BCUT2D eigenvalue weighted by Crippen LogP contribution is -2.41. The molecule has 0 amide bonds. The van der Waals surface area contributed by atoms with Crippen LogP contribution >= 0.6 is 0 Å². The molecule has 17 heavy (non-hydrogen) atoms. The fraction of sp³-hybridized carbons (Fsp3) is 0.846. The molecule has 4 heteroatoms. The molecule has 2 heterocycles. The predicted octanol–water partition coefficient (Wildman–Crippen LogP) is 2.27. The molecule has 0 aromatic carbocycles. The van der Waals surface area contributed by atoms with E-state index in [1.165, 1.54) is 25.9 Å². The lowest BCUT2D eigenvalue weighted by molar-refractivity contribution is 0.00578. The van der Waals surface area contributed by atoms with Crippen molar-refractivity contribution in [2.24, 2.45) is 0 Å². The van der Waals surface area contributed by atoms with Gasteiger partial charge in [0.1, 0.15) is 0 Å². The molecule has 0 atom stereocenters. The van der Waals surface area contributed by atoms with Gasteiger partial charge in [-0.2, -0.15) is 0 Å². The van der Waals surface area contributed by atoms with E-state index in [0.717, 1.165) is 12.0 Å². The van der Waals surface area contributed by atoms with Crippen molar-refractivity contribution >= 4 is 7.12 Å². The Morgan fingerprint density at radius 2 is 1.59 bits per heavy atom. The van der Waals surface area contributed by atoms with E-state index in [0.29, 0.717) is 0 Å². The van der Waals surface area contributed by atoms with Gasteiger partial charge in [0, 0.05) is 6.54 Å². The van der Waals surface area contributed by atoms with Crippen LogP contribution in [0.15, 0.2) is 12.1 Å². The Balaban J connectivity index is 1.93. The molecule has 2 fully saturated rings. The minimum atomic E-state index is -0.258. The number of likely N-dealkylation sites (tertiary alicyclic amines) is 1. The highest BCUT2D eigenvalue weighted by Gasteiger charge is 2.52. The summed E-state index contributed by atoms with van der Waals surface area (Å²) in [6.07, 6.45) is 2.60. The van der Waals surface area contributed by atoms with E-state index in [1.807, 2.05) is 0 Å². The van der Waals surface area contributed by atoms with Crippen LogP contribution in [-0.4, -0.2) is 42.9 Å². The first kappa shape index (κ1) is 13.1. The van der Waals surface area contributed by atoms with Crippen molar-refractivity contribution in [3.8, 4) is 0 Å². The fourth-order valence-electron chi connectivity index (χ4n) is 2.31. The second-order valence-electron chi connectivity index (χ2n) is 6.23. The minimum absolute atomic E-state index is 0.249. The molecule has 96 valence electrons. The molecule has 0 bridgehead atoms. The minimum Gasteiger partial charge on any atom is -0.400 e. The molecule has 0 aromatic rings. The number of rotatable bonds is 3. The molecule has 0 aromatic heterocycles. The molecule has 0 spiro atoms. The zero-order valence-electron chi connectivity index (χ0n) is 11.6. The van der Waals surface area contributed by atoms with Crippen LogP contribution in [0.5, 0.6) is 0 Å². The van der Waals surface area contributed by atoms with Crippen LogP contribution in [0.4, 0.5) is 0 Å². The summed E-state index contributed by atoms with van der Waals surface area (Å²) in [4.78, 5) is 2.42. The summed E-state index contributed by atoms with van der Waals surface area (Å²) in [6.45, 7) is 15.7. The lowest BCUT2D eigenvalue weighted by atomic mass is 9.79. The molecule has 2 rings (SSSR count). The molecule has 2 saturated heterocycles. The van der Waals surface area contributed by atoms with Crippen LogP contribution in [0.1, 0.15) is 40.5 Å². The molecule has 0 saturated carbocycles. The van der Waals surface area contributed by atoms with Gasteiger partial charge in [-0.05, 0) is 59.1 Å². The summed E-state index contributed by atoms with van der Waals surface area (Å²) in [5, 5.41) is 0. The molecule has 0 radical (unpaired) electrons. The molecule has 3 nitrogen and oxygen atoms in total. The fourth-order valence-corrected chi connectivity index (χ4v) is 2.31. The van der Waals surface area contributed by atoms with E-state index in [9.17, 15) is 0 Å².